The number of ether oxygens (including phenoxy) is 2. The first kappa shape index (κ1) is 18.0. The molecule has 8 heteroatoms. The van der Waals surface area contributed by atoms with Crippen molar-refractivity contribution in [2.45, 2.75) is 18.7 Å². The van der Waals surface area contributed by atoms with Gasteiger partial charge in [-0.05, 0) is 30.3 Å². The van der Waals surface area contributed by atoms with Crippen molar-refractivity contribution in [2.24, 2.45) is 0 Å². The van der Waals surface area contributed by atoms with Gasteiger partial charge in [-0.25, -0.2) is 4.98 Å². The number of carbonyl (C=O) groups excluding carboxylic acids is 1. The zero-order valence-corrected chi connectivity index (χ0v) is 14.0. The summed E-state index contributed by atoms with van der Waals surface area (Å²) in [6.45, 7) is 0.761. The van der Waals surface area contributed by atoms with Gasteiger partial charge in [-0.3, -0.25) is 4.79 Å². The second-order valence-corrected chi connectivity index (χ2v) is 5.89. The van der Waals surface area contributed by atoms with Crippen LogP contribution in [0.4, 0.5) is 13.2 Å². The van der Waals surface area contributed by atoms with Gasteiger partial charge >= 0.3 is 6.18 Å². The lowest BCUT2D eigenvalue weighted by Crippen LogP contribution is -2.31. The quantitative estimate of drug-likeness (QED) is 0.832. The van der Waals surface area contributed by atoms with Crippen LogP contribution >= 0.6 is 0 Å². The van der Waals surface area contributed by atoms with Gasteiger partial charge in [0, 0.05) is 30.8 Å². The Morgan fingerprint density at radius 2 is 1.96 bits per heavy atom. The summed E-state index contributed by atoms with van der Waals surface area (Å²) in [5.41, 5.74) is -0.296. The number of nitrogens with zero attached hydrogens (tertiary/aromatic N) is 2. The number of amides is 1. The van der Waals surface area contributed by atoms with Crippen LogP contribution in [0.15, 0.2) is 42.6 Å². The summed E-state index contributed by atoms with van der Waals surface area (Å²) < 4.78 is 48.8. The normalized spacial score (nSPS) is 17.2. The standard InChI is InChI=1S/C18H17F3N2O3/c1-25-14-4-2-12(3-5-14)17(24)23-9-7-15(11-23)26-16-10-13(6-8-22-16)18(19,20)21/h2-6,8,10,15H,7,9,11H2,1H3. The molecule has 26 heavy (non-hydrogen) atoms. The number of aromatic nitrogens is 1. The van der Waals surface area contributed by atoms with E-state index in [-0.39, 0.29) is 11.8 Å². The van der Waals surface area contributed by atoms with Crippen LogP contribution in [0.2, 0.25) is 0 Å². The smallest absolute Gasteiger partial charge is 0.416 e. The molecule has 0 N–H and O–H groups in total. The van der Waals surface area contributed by atoms with E-state index in [1.165, 1.54) is 0 Å². The number of alkyl halides is 3. The molecule has 0 saturated carbocycles. The molecule has 5 nitrogen and oxygen atoms in total. The molecule has 1 unspecified atom stereocenters. The molecule has 0 radical (unpaired) electrons. The topological polar surface area (TPSA) is 51.7 Å². The highest BCUT2D eigenvalue weighted by Crippen LogP contribution is 2.31. The minimum Gasteiger partial charge on any atom is -0.497 e. The summed E-state index contributed by atoms with van der Waals surface area (Å²) in [6, 6.07) is 8.50. The molecule has 1 atom stereocenters. The molecule has 1 amide bonds. The molecular weight excluding hydrogens is 349 g/mol. The van der Waals surface area contributed by atoms with Crippen molar-refractivity contribution < 1.29 is 27.4 Å². The highest BCUT2D eigenvalue weighted by Gasteiger charge is 2.32. The van der Waals surface area contributed by atoms with Crippen molar-refractivity contribution in [1.29, 1.82) is 0 Å². The van der Waals surface area contributed by atoms with Crippen molar-refractivity contribution in [1.82, 2.24) is 9.88 Å². The fourth-order valence-corrected chi connectivity index (χ4v) is 2.75. The third kappa shape index (κ3) is 4.07. The van der Waals surface area contributed by atoms with Crippen LogP contribution in [0.25, 0.3) is 0 Å². The van der Waals surface area contributed by atoms with Gasteiger partial charge in [-0.1, -0.05) is 0 Å². The highest BCUT2D eigenvalue weighted by atomic mass is 19.4. The molecule has 1 fully saturated rings. The van der Waals surface area contributed by atoms with Gasteiger partial charge in [-0.2, -0.15) is 13.2 Å². The lowest BCUT2D eigenvalue weighted by atomic mass is 10.2. The number of halogens is 3. The van der Waals surface area contributed by atoms with E-state index < -0.39 is 17.8 Å². The summed E-state index contributed by atoms with van der Waals surface area (Å²) in [5, 5.41) is 0. The fourth-order valence-electron chi connectivity index (χ4n) is 2.75. The van der Waals surface area contributed by atoms with Crippen molar-refractivity contribution in [3.05, 3.63) is 53.7 Å². The number of rotatable bonds is 4. The first-order valence-corrected chi connectivity index (χ1v) is 8.00. The Kier molecular flexibility index (Phi) is 5.01. The molecule has 1 aromatic heterocycles. The Hall–Kier alpha value is -2.77. The molecule has 0 aliphatic carbocycles. The first-order valence-electron chi connectivity index (χ1n) is 8.00. The summed E-state index contributed by atoms with van der Waals surface area (Å²) in [7, 11) is 1.54. The van der Waals surface area contributed by atoms with Crippen molar-refractivity contribution in [3.63, 3.8) is 0 Å². The largest absolute Gasteiger partial charge is 0.497 e. The summed E-state index contributed by atoms with van der Waals surface area (Å²) in [4.78, 5) is 17.9. The van der Waals surface area contributed by atoms with Gasteiger partial charge < -0.3 is 14.4 Å². The number of pyridine rings is 1. The predicted molar refractivity (Wildman–Crippen MR) is 87.2 cm³/mol. The van der Waals surface area contributed by atoms with Crippen LogP contribution in [-0.2, 0) is 6.18 Å². The molecular formula is C18H17F3N2O3. The Morgan fingerprint density at radius 3 is 2.62 bits per heavy atom. The Bertz CT molecular complexity index is 778. The molecule has 1 aliphatic rings. The van der Waals surface area contributed by atoms with E-state index in [4.69, 9.17) is 9.47 Å². The summed E-state index contributed by atoms with van der Waals surface area (Å²) in [5.74, 6) is 0.402. The van der Waals surface area contributed by atoms with Gasteiger partial charge in [0.1, 0.15) is 11.9 Å². The second-order valence-electron chi connectivity index (χ2n) is 5.89. The minimum atomic E-state index is -4.45. The van der Waals surface area contributed by atoms with Crippen LogP contribution in [0, 0.1) is 0 Å². The van der Waals surface area contributed by atoms with E-state index in [9.17, 15) is 18.0 Å². The van der Waals surface area contributed by atoms with Gasteiger partial charge in [0.15, 0.2) is 0 Å². The summed E-state index contributed by atoms with van der Waals surface area (Å²) in [6.07, 6.45) is -3.26. The molecule has 1 aliphatic heterocycles. The van der Waals surface area contributed by atoms with Gasteiger partial charge in [0.05, 0.1) is 19.2 Å². The van der Waals surface area contributed by atoms with Gasteiger partial charge in [0.2, 0.25) is 5.88 Å². The lowest BCUT2D eigenvalue weighted by Gasteiger charge is -2.17. The van der Waals surface area contributed by atoms with E-state index in [1.807, 2.05) is 0 Å². The molecule has 3 rings (SSSR count). The van der Waals surface area contributed by atoms with E-state index in [1.54, 1.807) is 36.3 Å². The maximum atomic E-state index is 12.7. The van der Waals surface area contributed by atoms with Gasteiger partial charge in [-0.15, -0.1) is 0 Å². The van der Waals surface area contributed by atoms with Crippen LogP contribution < -0.4 is 9.47 Å². The summed E-state index contributed by atoms with van der Waals surface area (Å²) >= 11 is 0. The van der Waals surface area contributed by atoms with Crippen molar-refractivity contribution in [3.8, 4) is 11.6 Å². The van der Waals surface area contributed by atoms with Crippen molar-refractivity contribution in [2.75, 3.05) is 20.2 Å². The maximum absolute atomic E-state index is 12.7. The average molecular weight is 366 g/mol. The number of methoxy groups -OCH3 is 1. The van der Waals surface area contributed by atoms with E-state index in [0.29, 0.717) is 30.8 Å². The molecule has 1 aromatic carbocycles. The molecule has 2 aromatic rings. The van der Waals surface area contributed by atoms with E-state index >= 15 is 0 Å². The molecule has 1 saturated heterocycles. The molecule has 138 valence electrons. The average Bonchev–Trinajstić information content (AvgIpc) is 3.09. The second kappa shape index (κ2) is 7.23. The maximum Gasteiger partial charge on any atom is 0.416 e. The predicted octanol–water partition coefficient (Wildman–Crippen LogP) is 3.40. The number of hydrogen-bond acceptors (Lipinski definition) is 4. The molecule has 0 bridgehead atoms. The van der Waals surface area contributed by atoms with Crippen molar-refractivity contribution >= 4 is 5.91 Å². The SMILES string of the molecule is COc1ccc(C(=O)N2CCC(Oc3cc(C(F)(F)F)ccn3)C2)cc1. The van der Waals surface area contributed by atoms with Crippen LogP contribution in [0.3, 0.4) is 0 Å². The molecule has 0 spiro atoms. The Balaban J connectivity index is 1.62. The zero-order chi connectivity index (χ0) is 18.7. The first-order chi connectivity index (χ1) is 12.4. The molecule has 2 heterocycles. The van der Waals surface area contributed by atoms with Crippen LogP contribution in [0.1, 0.15) is 22.3 Å². The number of carbonyl (C=O) groups is 1. The van der Waals surface area contributed by atoms with Crippen LogP contribution in [-0.4, -0.2) is 42.1 Å². The number of hydrogen-bond donors (Lipinski definition) is 0. The monoisotopic (exact) mass is 366 g/mol. The van der Waals surface area contributed by atoms with Crippen LogP contribution in [0.5, 0.6) is 11.6 Å². The van der Waals surface area contributed by atoms with Gasteiger partial charge in [0.25, 0.3) is 5.91 Å². The Labute approximate surface area is 148 Å². The number of likely N-dealkylation sites (tertiary alicyclic amines) is 1. The minimum absolute atomic E-state index is 0.0939. The van der Waals surface area contributed by atoms with E-state index in [0.717, 1.165) is 18.3 Å². The third-order valence-corrected chi connectivity index (χ3v) is 4.12. The third-order valence-electron chi connectivity index (χ3n) is 4.12. The Morgan fingerprint density at radius 1 is 1.23 bits per heavy atom. The zero-order valence-electron chi connectivity index (χ0n) is 14.0. The number of benzene rings is 1. The highest BCUT2D eigenvalue weighted by molar-refractivity contribution is 5.94. The lowest BCUT2D eigenvalue weighted by molar-refractivity contribution is -0.137. The fraction of sp³-hybridized carbons (Fsp3) is 0.333. The van der Waals surface area contributed by atoms with E-state index in [2.05, 4.69) is 4.98 Å².